The zero-order chi connectivity index (χ0) is 17.2. The van der Waals surface area contributed by atoms with Crippen molar-refractivity contribution < 1.29 is 14.3 Å². The molecule has 0 N–H and O–H groups in total. The van der Waals surface area contributed by atoms with Crippen LogP contribution in [0.1, 0.15) is 12.8 Å². The fourth-order valence-corrected chi connectivity index (χ4v) is 1.95. The van der Waals surface area contributed by atoms with E-state index >= 15 is 0 Å². The molecule has 1 rings (SSSR count). The maximum Gasteiger partial charge on any atom is 0.236 e. The number of rotatable bonds is 10. The number of methoxy groups -OCH3 is 1. The molecule has 0 saturated carbocycles. The molecule has 1 aromatic heterocycles. The molecule has 1 aromatic rings. The fourth-order valence-electron chi connectivity index (χ4n) is 1.95. The van der Waals surface area contributed by atoms with Gasteiger partial charge in [0.2, 0.25) is 17.7 Å². The van der Waals surface area contributed by atoms with Gasteiger partial charge in [-0.05, 0) is 19.9 Å². The molecular weight excluding hydrogens is 296 g/mol. The summed E-state index contributed by atoms with van der Waals surface area (Å²) < 4.78 is 11.0. The summed E-state index contributed by atoms with van der Waals surface area (Å²) in [5, 5.41) is 0. The van der Waals surface area contributed by atoms with E-state index in [-0.39, 0.29) is 12.0 Å². The highest BCUT2D eigenvalue weighted by molar-refractivity contribution is 5.77. The molecule has 128 valence electrons. The quantitative estimate of drug-likeness (QED) is 0.603. The Morgan fingerprint density at radius 2 is 2.04 bits per heavy atom. The van der Waals surface area contributed by atoms with Crippen LogP contribution in [0.4, 0.5) is 0 Å². The van der Waals surface area contributed by atoms with Crippen molar-refractivity contribution in [3.8, 4) is 11.8 Å². The number of likely N-dealkylation sites (N-methyl/N-ethyl adjacent to an activating group) is 2. The van der Waals surface area contributed by atoms with Crippen LogP contribution in [0.2, 0.25) is 0 Å². The van der Waals surface area contributed by atoms with Crippen molar-refractivity contribution in [2.24, 2.45) is 0 Å². The molecule has 0 fully saturated rings. The molecule has 1 amide bonds. The highest BCUT2D eigenvalue weighted by Gasteiger charge is 2.17. The molecule has 0 bridgehead atoms. The van der Waals surface area contributed by atoms with Gasteiger partial charge in [0.1, 0.15) is 12.4 Å². The van der Waals surface area contributed by atoms with Crippen molar-refractivity contribution in [1.82, 2.24) is 19.8 Å². The summed E-state index contributed by atoms with van der Waals surface area (Å²) in [6, 6.07) is 1.64. The van der Waals surface area contributed by atoms with Crippen LogP contribution in [0.3, 0.4) is 0 Å². The molecule has 1 heterocycles. The minimum atomic E-state index is -0.104. The van der Waals surface area contributed by atoms with E-state index < -0.39 is 0 Å². The molecule has 0 aliphatic heterocycles. The van der Waals surface area contributed by atoms with Gasteiger partial charge in [0.05, 0.1) is 19.7 Å². The second-order valence-corrected chi connectivity index (χ2v) is 5.49. The van der Waals surface area contributed by atoms with Gasteiger partial charge in [0, 0.05) is 20.6 Å². The lowest BCUT2D eigenvalue weighted by Crippen LogP contribution is -2.39. The third-order valence-corrected chi connectivity index (χ3v) is 3.23. The summed E-state index contributed by atoms with van der Waals surface area (Å²) >= 11 is 0. The maximum absolute atomic E-state index is 11.8. The van der Waals surface area contributed by atoms with Gasteiger partial charge in [-0.25, -0.2) is 9.97 Å². The lowest BCUT2D eigenvalue weighted by molar-refractivity contribution is -0.129. The van der Waals surface area contributed by atoms with E-state index in [2.05, 4.69) is 16.5 Å². The molecule has 7 heteroatoms. The molecule has 0 spiro atoms. The molecule has 7 nitrogen and oxygen atoms in total. The van der Waals surface area contributed by atoms with Crippen molar-refractivity contribution in [2.75, 3.05) is 41.3 Å². The van der Waals surface area contributed by atoms with Crippen molar-refractivity contribution in [1.29, 1.82) is 0 Å². The topological polar surface area (TPSA) is 67.8 Å². The summed E-state index contributed by atoms with van der Waals surface area (Å²) in [5.41, 5.74) is 0. The van der Waals surface area contributed by atoms with Gasteiger partial charge in [-0.2, -0.15) is 0 Å². The average molecular weight is 322 g/mol. The number of amides is 1. The van der Waals surface area contributed by atoms with E-state index in [0.29, 0.717) is 24.8 Å². The minimum absolute atomic E-state index is 0.0543. The Kier molecular flexibility index (Phi) is 8.04. The summed E-state index contributed by atoms with van der Waals surface area (Å²) in [5.74, 6) is 0.963. The van der Waals surface area contributed by atoms with Crippen molar-refractivity contribution in [2.45, 2.75) is 18.9 Å². The number of carbonyl (C=O) groups is 1. The first kappa shape index (κ1) is 18.9. The monoisotopic (exact) mass is 322 g/mol. The molecule has 0 unspecified atom stereocenters. The van der Waals surface area contributed by atoms with Crippen LogP contribution in [0.25, 0.3) is 0 Å². The Balaban J connectivity index is 2.67. The van der Waals surface area contributed by atoms with Gasteiger partial charge in [-0.1, -0.05) is 6.08 Å². The van der Waals surface area contributed by atoms with Crippen LogP contribution in [-0.2, 0) is 4.79 Å². The highest BCUT2D eigenvalue weighted by Crippen LogP contribution is 2.16. The molecule has 1 atom stereocenters. The van der Waals surface area contributed by atoms with Crippen molar-refractivity contribution >= 4 is 5.91 Å². The van der Waals surface area contributed by atoms with E-state index in [0.717, 1.165) is 12.8 Å². The normalized spacial score (nSPS) is 11.9. The standard InChI is InChI=1S/C16H26N4O3/c1-6-7-8-13(10-20(4)11-16(21)19(2)3)23-15-9-14(22-5)17-12-18-15/h6,9,12-13H,1,7-8,10-11H2,2-5H3/t13-/m1/s1. The van der Waals surface area contributed by atoms with Crippen LogP contribution in [-0.4, -0.2) is 73.1 Å². The van der Waals surface area contributed by atoms with E-state index in [9.17, 15) is 4.79 Å². The smallest absolute Gasteiger partial charge is 0.236 e. The SMILES string of the molecule is C=CCC[C@H](CN(C)CC(=O)N(C)C)Oc1cc(OC)ncn1. The molecular formula is C16H26N4O3. The van der Waals surface area contributed by atoms with Crippen LogP contribution in [0, 0.1) is 0 Å². The minimum Gasteiger partial charge on any atom is -0.481 e. The fraction of sp³-hybridized carbons (Fsp3) is 0.562. The van der Waals surface area contributed by atoms with Crippen molar-refractivity contribution in [3.05, 3.63) is 25.0 Å². The summed E-state index contributed by atoms with van der Waals surface area (Å²) in [4.78, 5) is 23.4. The molecule has 0 radical (unpaired) electrons. The lowest BCUT2D eigenvalue weighted by Gasteiger charge is -2.25. The number of carbonyl (C=O) groups excluding carboxylic acids is 1. The van der Waals surface area contributed by atoms with E-state index in [1.54, 1.807) is 32.2 Å². The first-order chi connectivity index (χ1) is 11.0. The molecule has 0 saturated heterocycles. The Labute approximate surface area is 137 Å². The van der Waals surface area contributed by atoms with Gasteiger partial charge in [-0.15, -0.1) is 6.58 Å². The summed E-state index contributed by atoms with van der Waals surface area (Å²) in [6.07, 6.45) is 4.76. The molecule has 23 heavy (non-hydrogen) atoms. The third kappa shape index (κ3) is 7.10. The predicted octanol–water partition coefficient (Wildman–Crippen LogP) is 1.22. The summed E-state index contributed by atoms with van der Waals surface area (Å²) in [7, 11) is 6.93. The first-order valence-corrected chi connectivity index (χ1v) is 7.48. The zero-order valence-electron chi connectivity index (χ0n) is 14.4. The van der Waals surface area contributed by atoms with Crippen LogP contribution in [0.5, 0.6) is 11.8 Å². The molecule has 0 aromatic carbocycles. The largest absolute Gasteiger partial charge is 0.481 e. The maximum atomic E-state index is 11.8. The lowest BCUT2D eigenvalue weighted by atomic mass is 10.2. The van der Waals surface area contributed by atoms with Crippen LogP contribution < -0.4 is 9.47 Å². The Morgan fingerprint density at radius 1 is 1.35 bits per heavy atom. The Hall–Kier alpha value is -2.15. The number of hydrogen-bond acceptors (Lipinski definition) is 6. The van der Waals surface area contributed by atoms with Gasteiger partial charge in [0.15, 0.2) is 0 Å². The van der Waals surface area contributed by atoms with E-state index in [1.807, 2.05) is 18.0 Å². The van der Waals surface area contributed by atoms with Gasteiger partial charge in [0.25, 0.3) is 0 Å². The second-order valence-electron chi connectivity index (χ2n) is 5.49. The van der Waals surface area contributed by atoms with Crippen molar-refractivity contribution in [3.63, 3.8) is 0 Å². The Morgan fingerprint density at radius 3 is 2.65 bits per heavy atom. The van der Waals surface area contributed by atoms with E-state index in [4.69, 9.17) is 9.47 Å². The van der Waals surface area contributed by atoms with Gasteiger partial charge in [-0.3, -0.25) is 9.69 Å². The van der Waals surface area contributed by atoms with Crippen LogP contribution in [0.15, 0.2) is 25.0 Å². The van der Waals surface area contributed by atoms with E-state index in [1.165, 1.54) is 6.33 Å². The predicted molar refractivity (Wildman–Crippen MR) is 88.6 cm³/mol. The zero-order valence-corrected chi connectivity index (χ0v) is 14.4. The first-order valence-electron chi connectivity index (χ1n) is 7.48. The molecule has 0 aliphatic carbocycles. The van der Waals surface area contributed by atoms with Crippen LogP contribution >= 0.6 is 0 Å². The molecule has 0 aliphatic rings. The number of allylic oxidation sites excluding steroid dienone is 1. The second kappa shape index (κ2) is 9.78. The Bertz CT molecular complexity index is 508. The van der Waals surface area contributed by atoms with Gasteiger partial charge >= 0.3 is 0 Å². The highest BCUT2D eigenvalue weighted by atomic mass is 16.5. The number of ether oxygens (including phenoxy) is 2. The number of hydrogen-bond donors (Lipinski definition) is 0. The van der Waals surface area contributed by atoms with Gasteiger partial charge < -0.3 is 14.4 Å². The number of aromatic nitrogens is 2. The number of nitrogens with zero attached hydrogens (tertiary/aromatic N) is 4. The average Bonchev–Trinajstić information content (AvgIpc) is 2.52. The summed E-state index contributed by atoms with van der Waals surface area (Å²) in [6.45, 7) is 4.69. The third-order valence-electron chi connectivity index (χ3n) is 3.23.